The lowest BCUT2D eigenvalue weighted by molar-refractivity contribution is 0.0600. The van der Waals surface area contributed by atoms with Crippen LogP contribution in [0.1, 0.15) is 32.6 Å². The molecule has 0 aliphatic carbocycles. The Balaban J connectivity index is 2.23. The second kappa shape index (κ2) is 7.54. The zero-order valence-electron chi connectivity index (χ0n) is 12.7. The Morgan fingerprint density at radius 2 is 1.86 bits per heavy atom. The van der Waals surface area contributed by atoms with Crippen molar-refractivity contribution in [2.75, 3.05) is 7.11 Å². The van der Waals surface area contributed by atoms with Crippen LogP contribution in [0.5, 0.6) is 0 Å². The molecule has 0 saturated heterocycles. The van der Waals surface area contributed by atoms with E-state index >= 15 is 0 Å². The van der Waals surface area contributed by atoms with Gasteiger partial charge in [-0.1, -0.05) is 28.1 Å². The van der Waals surface area contributed by atoms with Gasteiger partial charge in [-0.15, -0.1) is 0 Å². The van der Waals surface area contributed by atoms with E-state index in [0.717, 1.165) is 28.4 Å². The zero-order valence-corrected chi connectivity index (χ0v) is 14.2. The minimum Gasteiger partial charge on any atom is -0.465 e. The minimum absolute atomic E-state index is 0.403. The number of alkyl halides is 1. The molecule has 0 amide bonds. The van der Waals surface area contributed by atoms with Crippen molar-refractivity contribution in [3.8, 4) is 0 Å². The molecule has 22 heavy (non-hydrogen) atoms. The molecule has 0 fully saturated rings. The maximum absolute atomic E-state index is 13.3. The fourth-order valence-corrected chi connectivity index (χ4v) is 2.79. The summed E-state index contributed by atoms with van der Waals surface area (Å²) in [5.74, 6) is -0.433. The van der Waals surface area contributed by atoms with Crippen LogP contribution in [0.4, 0.5) is 4.39 Å². The van der Waals surface area contributed by atoms with E-state index in [-0.39, 0.29) is 0 Å². The van der Waals surface area contributed by atoms with Crippen molar-refractivity contribution in [1.82, 2.24) is 0 Å². The number of carbonyl (C=O) groups excluding carboxylic acids is 1. The number of esters is 1. The van der Waals surface area contributed by atoms with E-state index in [1.54, 1.807) is 12.1 Å². The molecule has 0 radical (unpaired) electrons. The molecule has 4 heteroatoms. The molecule has 0 aliphatic heterocycles. The lowest BCUT2D eigenvalue weighted by Crippen LogP contribution is -2.06. The molecule has 0 unspecified atom stereocenters. The average molecular weight is 365 g/mol. The van der Waals surface area contributed by atoms with Crippen LogP contribution >= 0.6 is 15.9 Å². The predicted molar refractivity (Wildman–Crippen MR) is 88.9 cm³/mol. The van der Waals surface area contributed by atoms with Crippen molar-refractivity contribution < 1.29 is 13.9 Å². The largest absolute Gasteiger partial charge is 0.465 e. The highest BCUT2D eigenvalue weighted by Crippen LogP contribution is 2.22. The van der Waals surface area contributed by atoms with Crippen molar-refractivity contribution >= 4 is 21.9 Å². The monoisotopic (exact) mass is 364 g/mol. The van der Waals surface area contributed by atoms with Gasteiger partial charge >= 0.3 is 5.97 Å². The van der Waals surface area contributed by atoms with Gasteiger partial charge in [0.25, 0.3) is 0 Å². The highest BCUT2D eigenvalue weighted by atomic mass is 79.9. The van der Waals surface area contributed by atoms with E-state index in [2.05, 4.69) is 28.1 Å². The van der Waals surface area contributed by atoms with Crippen molar-refractivity contribution in [3.05, 3.63) is 68.7 Å². The van der Waals surface area contributed by atoms with Gasteiger partial charge in [0.15, 0.2) is 0 Å². The van der Waals surface area contributed by atoms with Crippen LogP contribution in [0.3, 0.4) is 0 Å². The van der Waals surface area contributed by atoms with E-state index in [9.17, 15) is 9.18 Å². The van der Waals surface area contributed by atoms with E-state index in [1.165, 1.54) is 12.7 Å². The van der Waals surface area contributed by atoms with Crippen LogP contribution in [-0.2, 0) is 24.3 Å². The van der Waals surface area contributed by atoms with Gasteiger partial charge in [-0.2, -0.15) is 0 Å². The number of benzene rings is 2. The second-order valence-corrected chi connectivity index (χ2v) is 6.10. The molecule has 2 aromatic rings. The first kappa shape index (κ1) is 16.7. The molecule has 0 bridgehead atoms. The molecule has 116 valence electrons. The summed E-state index contributed by atoms with van der Waals surface area (Å²) in [5, 5.41) is 0. The predicted octanol–water partition coefficient (Wildman–Crippen LogP) is 4.80. The Morgan fingerprint density at radius 1 is 1.18 bits per heavy atom. The highest BCUT2D eigenvalue weighted by molar-refractivity contribution is 9.10. The van der Waals surface area contributed by atoms with Crippen LogP contribution in [0.2, 0.25) is 0 Å². The quantitative estimate of drug-likeness (QED) is 0.712. The molecule has 0 aromatic heterocycles. The van der Waals surface area contributed by atoms with Gasteiger partial charge in [0.05, 0.1) is 12.7 Å². The van der Waals surface area contributed by atoms with Crippen molar-refractivity contribution in [1.29, 1.82) is 0 Å². The molecule has 2 rings (SSSR count). The molecule has 0 spiro atoms. The molecule has 0 saturated carbocycles. The fraction of sp³-hybridized carbons (Fsp3) is 0.278. The SMILES string of the molecule is COC(=O)c1cc(C)c(CCc2ccc(Br)cc2)c(CF)c1. The third-order valence-electron chi connectivity index (χ3n) is 3.71. The number of aryl methyl sites for hydroxylation is 2. The Hall–Kier alpha value is -1.68. The second-order valence-electron chi connectivity index (χ2n) is 5.18. The number of carbonyl (C=O) groups is 1. The summed E-state index contributed by atoms with van der Waals surface area (Å²) in [6, 6.07) is 11.5. The first-order valence-electron chi connectivity index (χ1n) is 7.06. The van der Waals surface area contributed by atoms with Gasteiger partial charge in [-0.25, -0.2) is 9.18 Å². The Labute approximate surface area is 138 Å². The summed E-state index contributed by atoms with van der Waals surface area (Å²) >= 11 is 3.41. The lowest BCUT2D eigenvalue weighted by atomic mass is 9.94. The maximum atomic E-state index is 13.3. The molecule has 0 aliphatic rings. The van der Waals surface area contributed by atoms with Crippen molar-refractivity contribution in [3.63, 3.8) is 0 Å². The van der Waals surface area contributed by atoms with Gasteiger partial charge in [-0.05, 0) is 66.3 Å². The van der Waals surface area contributed by atoms with E-state index in [0.29, 0.717) is 11.1 Å². The number of ether oxygens (including phenoxy) is 1. The van der Waals surface area contributed by atoms with Gasteiger partial charge in [0.2, 0.25) is 0 Å². The summed E-state index contributed by atoms with van der Waals surface area (Å²) in [5.41, 5.74) is 4.06. The van der Waals surface area contributed by atoms with E-state index in [4.69, 9.17) is 4.74 Å². The number of halogens is 2. The molecule has 2 nitrogen and oxygen atoms in total. The zero-order chi connectivity index (χ0) is 16.1. The van der Waals surface area contributed by atoms with E-state index in [1.807, 2.05) is 19.1 Å². The standard InChI is InChI=1S/C18H18BrFO2/c1-12-9-14(18(21)22-2)10-15(11-20)17(12)8-5-13-3-6-16(19)7-4-13/h3-4,6-7,9-10H,5,8,11H2,1-2H3. The van der Waals surface area contributed by atoms with Crippen LogP contribution in [-0.4, -0.2) is 13.1 Å². The molecule has 0 N–H and O–H groups in total. The molecule has 0 atom stereocenters. The van der Waals surface area contributed by atoms with Crippen molar-refractivity contribution in [2.24, 2.45) is 0 Å². The summed E-state index contributed by atoms with van der Waals surface area (Å²) in [6.07, 6.45) is 1.58. The molecule has 0 heterocycles. The van der Waals surface area contributed by atoms with Gasteiger partial charge < -0.3 is 4.74 Å². The average Bonchev–Trinajstić information content (AvgIpc) is 2.53. The maximum Gasteiger partial charge on any atom is 0.337 e. The van der Waals surface area contributed by atoms with Crippen LogP contribution in [0, 0.1) is 6.92 Å². The van der Waals surface area contributed by atoms with E-state index < -0.39 is 12.6 Å². The summed E-state index contributed by atoms with van der Waals surface area (Å²) in [6.45, 7) is 1.32. The van der Waals surface area contributed by atoms with Crippen LogP contribution in [0.15, 0.2) is 40.9 Å². The van der Waals surface area contributed by atoms with Gasteiger partial charge in [0, 0.05) is 4.47 Å². The third-order valence-corrected chi connectivity index (χ3v) is 4.24. The van der Waals surface area contributed by atoms with Gasteiger partial charge in [-0.3, -0.25) is 0 Å². The smallest absolute Gasteiger partial charge is 0.337 e. The first-order chi connectivity index (χ1) is 10.5. The minimum atomic E-state index is -0.582. The third kappa shape index (κ3) is 3.95. The summed E-state index contributed by atoms with van der Waals surface area (Å²) < 4.78 is 19.1. The first-order valence-corrected chi connectivity index (χ1v) is 7.85. The molecular formula is C18H18BrFO2. The number of methoxy groups -OCH3 is 1. The number of hydrogen-bond donors (Lipinski definition) is 0. The topological polar surface area (TPSA) is 26.3 Å². The number of hydrogen-bond acceptors (Lipinski definition) is 2. The molecule has 2 aromatic carbocycles. The lowest BCUT2D eigenvalue weighted by Gasteiger charge is -2.13. The summed E-state index contributed by atoms with van der Waals surface area (Å²) in [4.78, 5) is 11.6. The normalized spacial score (nSPS) is 10.5. The fourth-order valence-electron chi connectivity index (χ4n) is 2.52. The Bertz CT molecular complexity index is 666. The van der Waals surface area contributed by atoms with Gasteiger partial charge in [0.1, 0.15) is 6.67 Å². The van der Waals surface area contributed by atoms with Crippen molar-refractivity contribution in [2.45, 2.75) is 26.4 Å². The summed E-state index contributed by atoms with van der Waals surface area (Å²) in [7, 11) is 1.33. The van der Waals surface area contributed by atoms with Crippen LogP contribution < -0.4 is 0 Å². The number of rotatable bonds is 5. The highest BCUT2D eigenvalue weighted by Gasteiger charge is 2.13. The Kier molecular flexibility index (Phi) is 5.72. The molecular weight excluding hydrogens is 347 g/mol. The van der Waals surface area contributed by atoms with Crippen LogP contribution in [0.25, 0.3) is 0 Å². The Morgan fingerprint density at radius 3 is 2.45 bits per heavy atom.